The van der Waals surface area contributed by atoms with Gasteiger partial charge in [-0.15, -0.1) is 0 Å². The molecule has 1 saturated heterocycles. The Kier molecular flexibility index (Phi) is 14.6. The fraction of sp³-hybridized carbons (Fsp3) is 0.783. The smallest absolute Gasteiger partial charge is 0.325 e. The largest absolute Gasteiger partial charge is 0.480 e. The summed E-state index contributed by atoms with van der Waals surface area (Å²) in [7, 11) is 0. The number of rotatable bonds is 17. The van der Waals surface area contributed by atoms with Crippen LogP contribution in [-0.4, -0.2) is 84.5 Å². The average Bonchev–Trinajstić information content (AvgIpc) is 3.37. The third-order valence-corrected chi connectivity index (χ3v) is 6.02. The molecule has 10 N–H and O–H groups in total. The minimum Gasteiger partial charge on any atom is -0.480 e. The van der Waals surface area contributed by atoms with Gasteiger partial charge in [-0.1, -0.05) is 0 Å². The Balaban J connectivity index is 2.86. The van der Waals surface area contributed by atoms with Crippen LogP contribution < -0.4 is 38.1 Å². The molecule has 1 aliphatic rings. The van der Waals surface area contributed by atoms with Gasteiger partial charge < -0.3 is 43.2 Å². The second-order valence-electron chi connectivity index (χ2n) is 9.14. The number of hydrogen-bond acceptors (Lipinski definition) is 8. The summed E-state index contributed by atoms with van der Waals surface area (Å²) in [6.45, 7) is 4.43. The van der Waals surface area contributed by atoms with E-state index in [1.165, 1.54) is 13.8 Å². The number of carbonyl (C=O) groups is 5. The van der Waals surface area contributed by atoms with Crippen molar-refractivity contribution in [2.45, 2.75) is 95.4 Å². The molecule has 0 aromatic rings. The summed E-state index contributed by atoms with van der Waals surface area (Å²) in [6, 6.07) is -4.31. The Morgan fingerprint density at radius 2 is 1.33 bits per heavy atom. The van der Waals surface area contributed by atoms with Crippen molar-refractivity contribution in [3.63, 3.8) is 0 Å². The molecule has 0 aliphatic carbocycles. The third-order valence-electron chi connectivity index (χ3n) is 6.02. The quantitative estimate of drug-likeness (QED) is 0.101. The van der Waals surface area contributed by atoms with Crippen LogP contribution in [0.3, 0.4) is 0 Å². The number of carboxylic acids is 1. The minimum absolute atomic E-state index is 0.255. The van der Waals surface area contributed by atoms with E-state index in [1.807, 2.05) is 0 Å². The number of nitrogens with two attached hydrogens (primary N) is 2. The normalized spacial score (nSPS) is 18.4. The van der Waals surface area contributed by atoms with Gasteiger partial charge in [0.25, 0.3) is 0 Å². The number of carboxylic acid groups (broad SMARTS) is 1. The van der Waals surface area contributed by atoms with E-state index in [-0.39, 0.29) is 24.8 Å². The first-order chi connectivity index (χ1) is 17.1. The molecule has 0 radical (unpaired) electrons. The first kappa shape index (κ1) is 31.3. The highest BCUT2D eigenvalue weighted by molar-refractivity contribution is 5.95. The number of aliphatic carboxylic acids is 1. The van der Waals surface area contributed by atoms with Crippen LogP contribution in [-0.2, 0) is 24.0 Å². The molecule has 0 saturated carbocycles. The molecule has 13 heteroatoms. The molecule has 0 aromatic heterocycles. The van der Waals surface area contributed by atoms with E-state index in [9.17, 15) is 24.0 Å². The third kappa shape index (κ3) is 11.3. The first-order valence-corrected chi connectivity index (χ1v) is 12.7. The topological polar surface area (TPSA) is 218 Å². The Labute approximate surface area is 212 Å². The molecule has 0 bridgehead atoms. The lowest BCUT2D eigenvalue weighted by molar-refractivity contribution is -0.141. The summed E-state index contributed by atoms with van der Waals surface area (Å²) in [5.74, 6) is -3.22. The number of nitrogens with one attached hydrogen (secondary N) is 5. The Morgan fingerprint density at radius 1 is 0.806 bits per heavy atom. The van der Waals surface area contributed by atoms with Crippen LogP contribution in [0, 0.1) is 0 Å². The van der Waals surface area contributed by atoms with Crippen molar-refractivity contribution >= 4 is 29.6 Å². The summed E-state index contributed by atoms with van der Waals surface area (Å²) < 4.78 is 0. The zero-order valence-electron chi connectivity index (χ0n) is 21.3. The maximum absolute atomic E-state index is 13.1. The van der Waals surface area contributed by atoms with E-state index in [4.69, 9.17) is 16.6 Å². The Morgan fingerprint density at radius 3 is 1.81 bits per heavy atom. The van der Waals surface area contributed by atoms with E-state index >= 15 is 0 Å². The molecule has 0 unspecified atom stereocenters. The van der Waals surface area contributed by atoms with Gasteiger partial charge in [0.2, 0.25) is 23.6 Å². The van der Waals surface area contributed by atoms with Crippen LogP contribution in [0.15, 0.2) is 0 Å². The molecular formula is C23H43N7O6. The van der Waals surface area contributed by atoms with Gasteiger partial charge in [-0.2, -0.15) is 0 Å². The highest BCUT2D eigenvalue weighted by Gasteiger charge is 2.30. The van der Waals surface area contributed by atoms with Gasteiger partial charge in [0.1, 0.15) is 24.2 Å². The summed E-state index contributed by atoms with van der Waals surface area (Å²) in [6.07, 6.45) is 4.47. The molecule has 5 atom stereocenters. The van der Waals surface area contributed by atoms with Crippen molar-refractivity contribution < 1.29 is 29.1 Å². The highest BCUT2D eigenvalue weighted by atomic mass is 16.4. The predicted octanol–water partition coefficient (Wildman–Crippen LogP) is -1.94. The zero-order chi connectivity index (χ0) is 27.1. The molecule has 13 nitrogen and oxygen atoms in total. The molecule has 4 amide bonds. The molecule has 1 fully saturated rings. The van der Waals surface area contributed by atoms with E-state index in [1.54, 1.807) is 0 Å². The summed E-state index contributed by atoms with van der Waals surface area (Å²) in [5, 5.41) is 22.5. The highest BCUT2D eigenvalue weighted by Crippen LogP contribution is 2.07. The van der Waals surface area contributed by atoms with Crippen molar-refractivity contribution in [2.75, 3.05) is 19.6 Å². The molecular weight excluding hydrogens is 470 g/mol. The van der Waals surface area contributed by atoms with Gasteiger partial charge in [0.15, 0.2) is 0 Å². The number of amides is 4. The monoisotopic (exact) mass is 513 g/mol. The first-order valence-electron chi connectivity index (χ1n) is 12.7. The fourth-order valence-corrected chi connectivity index (χ4v) is 3.76. The van der Waals surface area contributed by atoms with Crippen molar-refractivity contribution in [3.8, 4) is 0 Å². The van der Waals surface area contributed by atoms with Crippen molar-refractivity contribution in [1.29, 1.82) is 0 Å². The van der Waals surface area contributed by atoms with Gasteiger partial charge in [0.05, 0.1) is 6.04 Å². The lowest BCUT2D eigenvalue weighted by Gasteiger charge is -2.25. The van der Waals surface area contributed by atoms with Crippen molar-refractivity contribution in [1.82, 2.24) is 26.6 Å². The standard InChI is InChI=1S/C23H43N7O6/c1-14(27-20(32)16-10-7-13-26-16)19(31)29-18(9-4-6-12-25)22(34)30-17(8-3-5-11-24)21(33)28-15(2)23(35)36/h14-18,26H,3-13,24-25H2,1-2H3,(H,27,32)(H,28,33)(H,29,31)(H,30,34)(H,35,36)/t14-,15-,16-,17-,18-/m0/s1. The molecule has 206 valence electrons. The van der Waals surface area contributed by atoms with Crippen LogP contribution >= 0.6 is 0 Å². The maximum Gasteiger partial charge on any atom is 0.325 e. The number of unbranched alkanes of at least 4 members (excludes halogenated alkanes) is 2. The summed E-state index contributed by atoms with van der Waals surface area (Å²) >= 11 is 0. The second kappa shape index (κ2) is 16.8. The average molecular weight is 514 g/mol. The van der Waals surface area contributed by atoms with E-state index in [0.29, 0.717) is 45.2 Å². The van der Waals surface area contributed by atoms with Crippen LogP contribution in [0.25, 0.3) is 0 Å². The summed E-state index contributed by atoms with van der Waals surface area (Å²) in [5.41, 5.74) is 11.1. The van der Waals surface area contributed by atoms with E-state index in [0.717, 1.165) is 13.0 Å². The number of carbonyl (C=O) groups excluding carboxylic acids is 4. The van der Waals surface area contributed by atoms with Crippen LogP contribution in [0.4, 0.5) is 0 Å². The molecule has 0 aromatic carbocycles. The van der Waals surface area contributed by atoms with Gasteiger partial charge >= 0.3 is 5.97 Å². The molecule has 36 heavy (non-hydrogen) atoms. The zero-order valence-corrected chi connectivity index (χ0v) is 21.3. The van der Waals surface area contributed by atoms with Gasteiger partial charge in [-0.25, -0.2) is 0 Å². The van der Waals surface area contributed by atoms with Gasteiger partial charge in [-0.05, 0) is 84.8 Å². The molecule has 1 rings (SSSR count). The minimum atomic E-state index is -1.20. The molecule has 1 aliphatic heterocycles. The Bertz CT molecular complexity index is 744. The maximum atomic E-state index is 13.1. The van der Waals surface area contributed by atoms with E-state index < -0.39 is 47.9 Å². The lowest BCUT2D eigenvalue weighted by Crippen LogP contribution is -2.57. The van der Waals surface area contributed by atoms with Gasteiger partial charge in [-0.3, -0.25) is 24.0 Å². The van der Waals surface area contributed by atoms with Crippen LogP contribution in [0.2, 0.25) is 0 Å². The van der Waals surface area contributed by atoms with Crippen molar-refractivity contribution in [3.05, 3.63) is 0 Å². The van der Waals surface area contributed by atoms with Crippen LogP contribution in [0.5, 0.6) is 0 Å². The second-order valence-corrected chi connectivity index (χ2v) is 9.14. The van der Waals surface area contributed by atoms with Crippen LogP contribution in [0.1, 0.15) is 65.2 Å². The summed E-state index contributed by atoms with van der Waals surface area (Å²) in [4.78, 5) is 62.0. The molecule has 0 spiro atoms. The van der Waals surface area contributed by atoms with Crippen molar-refractivity contribution in [2.24, 2.45) is 11.5 Å². The van der Waals surface area contributed by atoms with Gasteiger partial charge in [0, 0.05) is 0 Å². The lowest BCUT2D eigenvalue weighted by atomic mass is 10.0. The molecule has 1 heterocycles. The predicted molar refractivity (Wildman–Crippen MR) is 134 cm³/mol. The SMILES string of the molecule is C[C@H](NC(=O)[C@H](CCCCN)NC(=O)[C@H](CCCCN)NC(=O)[C@H](C)NC(=O)[C@@H]1CCCN1)C(=O)O. The fourth-order valence-electron chi connectivity index (χ4n) is 3.76. The Hall–Kier alpha value is -2.77. The number of hydrogen-bond donors (Lipinski definition) is 8. The van der Waals surface area contributed by atoms with E-state index in [2.05, 4.69) is 26.6 Å².